The van der Waals surface area contributed by atoms with Gasteiger partial charge in [0.1, 0.15) is 5.75 Å². The number of benzene rings is 2. The van der Waals surface area contributed by atoms with Gasteiger partial charge < -0.3 is 19.4 Å². The van der Waals surface area contributed by atoms with Crippen molar-refractivity contribution in [3.05, 3.63) is 54.4 Å². The van der Waals surface area contributed by atoms with E-state index in [9.17, 15) is 4.79 Å². The third-order valence-electron chi connectivity index (χ3n) is 4.97. The topological polar surface area (TPSA) is 80.5 Å². The van der Waals surface area contributed by atoms with Crippen molar-refractivity contribution in [3.8, 4) is 17.2 Å². The molecular weight excluding hydrogens is 368 g/mol. The van der Waals surface area contributed by atoms with Gasteiger partial charge in [-0.25, -0.2) is 0 Å². The molecule has 1 aliphatic rings. The van der Waals surface area contributed by atoms with Crippen LogP contribution in [0.25, 0.3) is 11.5 Å². The molecule has 7 heteroatoms. The van der Waals surface area contributed by atoms with Crippen molar-refractivity contribution >= 4 is 17.3 Å². The molecule has 1 aromatic heterocycles. The molecule has 0 spiro atoms. The summed E-state index contributed by atoms with van der Waals surface area (Å²) in [6.45, 7) is 2.21. The summed E-state index contributed by atoms with van der Waals surface area (Å²) in [5, 5.41) is 11.0. The van der Waals surface area contributed by atoms with Crippen LogP contribution in [-0.4, -0.2) is 36.3 Å². The molecule has 0 radical (unpaired) electrons. The summed E-state index contributed by atoms with van der Waals surface area (Å²) in [7, 11) is 1.61. The van der Waals surface area contributed by atoms with Crippen LogP contribution in [0.4, 0.5) is 11.4 Å². The van der Waals surface area contributed by atoms with Crippen molar-refractivity contribution in [2.45, 2.75) is 25.7 Å². The second-order valence-corrected chi connectivity index (χ2v) is 7.02. The fourth-order valence-electron chi connectivity index (χ4n) is 3.40. The normalized spacial score (nSPS) is 13.5. The SMILES string of the molecule is COc1cccc(-c2nnc(CCC(=O)Nc3ccc(N4CCCC4)cc3)o2)c1. The standard InChI is InChI=1S/C22H24N4O3/c1-28-19-6-4-5-16(15-19)22-25-24-21(29-22)12-11-20(27)23-17-7-9-18(10-8-17)26-13-2-3-14-26/h4-10,15H,2-3,11-14H2,1H3,(H,23,27). The number of hydrogen-bond donors (Lipinski definition) is 1. The number of ether oxygens (including phenoxy) is 1. The number of hydrogen-bond acceptors (Lipinski definition) is 6. The zero-order chi connectivity index (χ0) is 20.1. The molecule has 0 aliphatic carbocycles. The minimum Gasteiger partial charge on any atom is -0.497 e. The lowest BCUT2D eigenvalue weighted by molar-refractivity contribution is -0.116. The van der Waals surface area contributed by atoms with Crippen molar-refractivity contribution in [1.29, 1.82) is 0 Å². The summed E-state index contributed by atoms with van der Waals surface area (Å²) in [4.78, 5) is 14.6. The Bertz CT molecular complexity index is 962. The average molecular weight is 392 g/mol. The molecule has 1 N–H and O–H groups in total. The first kappa shape index (κ1) is 19.0. The molecule has 1 aliphatic heterocycles. The molecule has 0 bridgehead atoms. The summed E-state index contributed by atoms with van der Waals surface area (Å²) >= 11 is 0. The molecule has 7 nitrogen and oxygen atoms in total. The summed E-state index contributed by atoms with van der Waals surface area (Å²) in [6, 6.07) is 15.4. The van der Waals surface area contributed by atoms with Gasteiger partial charge in [0.05, 0.1) is 7.11 Å². The van der Waals surface area contributed by atoms with Crippen molar-refractivity contribution in [1.82, 2.24) is 10.2 Å². The van der Waals surface area contributed by atoms with E-state index < -0.39 is 0 Å². The van der Waals surface area contributed by atoms with Gasteiger partial charge in [-0.1, -0.05) is 6.07 Å². The number of nitrogens with zero attached hydrogens (tertiary/aromatic N) is 3. The number of nitrogens with one attached hydrogen (secondary N) is 1. The average Bonchev–Trinajstić information content (AvgIpc) is 3.45. The first-order valence-electron chi connectivity index (χ1n) is 9.83. The molecule has 4 rings (SSSR count). The first-order chi connectivity index (χ1) is 14.2. The second-order valence-electron chi connectivity index (χ2n) is 7.02. The van der Waals surface area contributed by atoms with Crippen LogP contribution in [0.5, 0.6) is 5.75 Å². The van der Waals surface area contributed by atoms with Gasteiger partial charge in [0, 0.05) is 42.9 Å². The lowest BCUT2D eigenvalue weighted by atomic mass is 10.2. The van der Waals surface area contributed by atoms with E-state index in [1.54, 1.807) is 7.11 Å². The van der Waals surface area contributed by atoms with Crippen LogP contribution in [0.3, 0.4) is 0 Å². The molecule has 0 saturated carbocycles. The Labute approximate surface area is 169 Å². The number of rotatable bonds is 7. The lowest BCUT2D eigenvalue weighted by Gasteiger charge is -2.17. The highest BCUT2D eigenvalue weighted by molar-refractivity contribution is 5.90. The van der Waals surface area contributed by atoms with Crippen molar-refractivity contribution < 1.29 is 13.9 Å². The number of methoxy groups -OCH3 is 1. The molecule has 1 amide bonds. The number of aryl methyl sites for hydroxylation is 1. The summed E-state index contributed by atoms with van der Waals surface area (Å²) < 4.78 is 10.9. The summed E-state index contributed by atoms with van der Waals surface area (Å²) in [6.07, 6.45) is 3.14. The number of aromatic nitrogens is 2. The van der Waals surface area contributed by atoms with Crippen molar-refractivity contribution in [2.24, 2.45) is 0 Å². The lowest BCUT2D eigenvalue weighted by Crippen LogP contribution is -2.17. The Hall–Kier alpha value is -3.35. The van der Waals surface area contributed by atoms with Crippen LogP contribution < -0.4 is 15.0 Å². The molecule has 2 aromatic carbocycles. The highest BCUT2D eigenvalue weighted by atomic mass is 16.5. The predicted octanol–water partition coefficient (Wildman–Crippen LogP) is 3.92. The van der Waals surface area contributed by atoms with Crippen molar-refractivity contribution in [2.75, 3.05) is 30.4 Å². The summed E-state index contributed by atoms with van der Waals surface area (Å²) in [5.74, 6) is 1.48. The molecule has 1 fully saturated rings. The molecule has 0 atom stereocenters. The van der Waals surface area contributed by atoms with Gasteiger partial charge in [-0.15, -0.1) is 10.2 Å². The number of anilines is 2. The highest BCUT2D eigenvalue weighted by Gasteiger charge is 2.13. The van der Waals surface area contributed by atoms with Crippen LogP contribution in [0.15, 0.2) is 52.9 Å². The van der Waals surface area contributed by atoms with Crippen LogP contribution in [0, 0.1) is 0 Å². The molecular formula is C22H24N4O3. The van der Waals surface area contributed by atoms with Crippen LogP contribution in [0.2, 0.25) is 0 Å². The van der Waals surface area contributed by atoms with E-state index in [2.05, 4.69) is 32.5 Å². The smallest absolute Gasteiger partial charge is 0.247 e. The number of carbonyl (C=O) groups excluding carboxylic acids is 1. The van der Waals surface area contributed by atoms with Gasteiger partial charge in [0.2, 0.25) is 17.7 Å². The predicted molar refractivity (Wildman–Crippen MR) is 111 cm³/mol. The van der Waals surface area contributed by atoms with E-state index in [0.29, 0.717) is 18.2 Å². The van der Waals surface area contributed by atoms with E-state index in [1.807, 2.05) is 36.4 Å². The van der Waals surface area contributed by atoms with Gasteiger partial charge in [-0.2, -0.15) is 0 Å². The molecule has 29 heavy (non-hydrogen) atoms. The van der Waals surface area contributed by atoms with Gasteiger partial charge >= 0.3 is 0 Å². The molecule has 0 unspecified atom stereocenters. The number of carbonyl (C=O) groups is 1. The largest absolute Gasteiger partial charge is 0.497 e. The monoisotopic (exact) mass is 392 g/mol. The Kier molecular flexibility index (Phi) is 5.74. The van der Waals surface area contributed by atoms with E-state index in [4.69, 9.17) is 9.15 Å². The third-order valence-corrected chi connectivity index (χ3v) is 4.97. The molecule has 1 saturated heterocycles. The number of amides is 1. The maximum absolute atomic E-state index is 12.3. The van der Waals surface area contributed by atoms with Crippen LogP contribution in [0.1, 0.15) is 25.2 Å². The quantitative estimate of drug-likeness (QED) is 0.656. The zero-order valence-electron chi connectivity index (χ0n) is 16.4. The van der Waals surface area contributed by atoms with E-state index >= 15 is 0 Å². The van der Waals surface area contributed by atoms with Gasteiger partial charge in [0.25, 0.3) is 0 Å². The molecule has 150 valence electrons. The van der Waals surface area contributed by atoms with Gasteiger partial charge in [-0.05, 0) is 55.3 Å². The van der Waals surface area contributed by atoms with Crippen LogP contribution in [-0.2, 0) is 11.2 Å². The van der Waals surface area contributed by atoms with Crippen molar-refractivity contribution in [3.63, 3.8) is 0 Å². The highest BCUT2D eigenvalue weighted by Crippen LogP contribution is 2.24. The molecule has 2 heterocycles. The van der Waals surface area contributed by atoms with Gasteiger partial charge in [0.15, 0.2) is 0 Å². The Balaban J connectivity index is 1.30. The maximum atomic E-state index is 12.3. The zero-order valence-corrected chi connectivity index (χ0v) is 16.4. The fourth-order valence-corrected chi connectivity index (χ4v) is 3.40. The minimum atomic E-state index is -0.0833. The first-order valence-corrected chi connectivity index (χ1v) is 9.83. The van der Waals surface area contributed by atoms with E-state index in [-0.39, 0.29) is 12.3 Å². The van der Waals surface area contributed by atoms with E-state index in [0.717, 1.165) is 30.1 Å². The Morgan fingerprint density at radius 3 is 2.69 bits per heavy atom. The Morgan fingerprint density at radius 2 is 1.93 bits per heavy atom. The summed E-state index contributed by atoms with van der Waals surface area (Å²) in [5.41, 5.74) is 2.78. The molecule has 3 aromatic rings. The van der Waals surface area contributed by atoms with E-state index in [1.165, 1.54) is 18.5 Å². The minimum absolute atomic E-state index is 0.0833. The fraction of sp³-hybridized carbons (Fsp3) is 0.318. The Morgan fingerprint density at radius 1 is 1.14 bits per heavy atom. The van der Waals surface area contributed by atoms with Gasteiger partial charge in [-0.3, -0.25) is 4.79 Å². The maximum Gasteiger partial charge on any atom is 0.247 e. The third kappa shape index (κ3) is 4.74. The second kappa shape index (κ2) is 8.77. The van der Waals surface area contributed by atoms with Crippen LogP contribution >= 0.6 is 0 Å².